The number of alkyl halides is 3. The average Bonchev–Trinajstić information content (AvgIpc) is 3.35. The number of fused-ring (bicyclic) bond motifs is 1. The van der Waals surface area contributed by atoms with E-state index in [-0.39, 0.29) is 45.0 Å². The summed E-state index contributed by atoms with van der Waals surface area (Å²) in [4.78, 5) is 44.3. The number of esters is 1. The molecule has 3 aromatic rings. The van der Waals surface area contributed by atoms with Crippen LogP contribution in [0.3, 0.4) is 0 Å². The first-order chi connectivity index (χ1) is 17.1. The number of thiophene rings is 1. The lowest BCUT2D eigenvalue weighted by Gasteiger charge is -2.19. The molecule has 1 N–H and O–H groups in total. The van der Waals surface area contributed by atoms with Crippen LogP contribution in [0.1, 0.15) is 81.6 Å². The van der Waals surface area contributed by atoms with Crippen molar-refractivity contribution in [2.24, 2.45) is 0 Å². The second-order valence-corrected chi connectivity index (χ2v) is 10.6. The predicted octanol–water partition coefficient (Wildman–Crippen LogP) is 4.94. The molecule has 0 unspecified atom stereocenters. The van der Waals surface area contributed by atoms with Gasteiger partial charge < -0.3 is 15.0 Å². The molecule has 0 saturated heterocycles. The number of halogens is 3. The minimum Gasteiger partial charge on any atom is -0.462 e. The van der Waals surface area contributed by atoms with Gasteiger partial charge in [0.1, 0.15) is 10.7 Å². The number of nitrogens with zero attached hydrogens (tertiary/aromatic N) is 4. The molecule has 0 radical (unpaired) electrons. The summed E-state index contributed by atoms with van der Waals surface area (Å²) in [7, 11) is 3.09. The lowest BCUT2D eigenvalue weighted by atomic mass is 9.91. The van der Waals surface area contributed by atoms with Gasteiger partial charge in [0.15, 0.2) is 11.3 Å². The highest BCUT2D eigenvalue weighted by atomic mass is 32.1. The Kier molecular flexibility index (Phi) is 7.68. The van der Waals surface area contributed by atoms with E-state index in [4.69, 9.17) is 4.74 Å². The van der Waals surface area contributed by atoms with Crippen molar-refractivity contribution in [2.75, 3.05) is 26.0 Å². The normalized spacial score (nSPS) is 12.1. The summed E-state index contributed by atoms with van der Waals surface area (Å²) in [6.07, 6.45) is -4.18. The highest BCUT2D eigenvalue weighted by Gasteiger charge is 2.37. The molecule has 13 heteroatoms. The summed E-state index contributed by atoms with van der Waals surface area (Å²) >= 11 is 0.873. The van der Waals surface area contributed by atoms with E-state index in [1.165, 1.54) is 4.90 Å². The second-order valence-electron chi connectivity index (χ2n) is 9.62. The molecule has 2 amide bonds. The first kappa shape index (κ1) is 28.1. The van der Waals surface area contributed by atoms with Crippen LogP contribution >= 0.6 is 11.3 Å². The number of hydrogen-bond acceptors (Lipinski definition) is 7. The smallest absolute Gasteiger partial charge is 0.433 e. The molecule has 0 aliphatic carbocycles. The fourth-order valence-corrected chi connectivity index (χ4v) is 4.57. The van der Waals surface area contributed by atoms with Crippen LogP contribution in [-0.2, 0) is 16.3 Å². The van der Waals surface area contributed by atoms with Crippen LogP contribution in [0.5, 0.6) is 0 Å². The quantitative estimate of drug-likeness (QED) is 0.445. The molecule has 0 aromatic carbocycles. The first-order valence-corrected chi connectivity index (χ1v) is 12.2. The number of carbonyl (C=O) groups is 3. The Morgan fingerprint density at radius 3 is 2.35 bits per heavy atom. The maximum Gasteiger partial charge on any atom is 0.433 e. The number of amides is 2. The van der Waals surface area contributed by atoms with Crippen molar-refractivity contribution < 1.29 is 32.3 Å². The molecule has 200 valence electrons. The number of carbonyl (C=O) groups excluding carboxylic acids is 3. The Morgan fingerprint density at radius 2 is 1.81 bits per heavy atom. The van der Waals surface area contributed by atoms with Crippen molar-refractivity contribution in [2.45, 2.75) is 52.6 Å². The molecule has 0 atom stereocenters. The molecule has 0 spiro atoms. The third-order valence-corrected chi connectivity index (χ3v) is 6.53. The fourth-order valence-electron chi connectivity index (χ4n) is 3.36. The molecule has 0 aliphatic heterocycles. The topological polar surface area (TPSA) is 106 Å². The Balaban J connectivity index is 2.08. The zero-order chi connectivity index (χ0) is 27.9. The lowest BCUT2D eigenvalue weighted by Crippen LogP contribution is -2.21. The number of nitrogens with one attached hydrogen (secondary N) is 1. The van der Waals surface area contributed by atoms with Gasteiger partial charge in [-0.2, -0.15) is 18.3 Å². The summed E-state index contributed by atoms with van der Waals surface area (Å²) in [5.74, 6) is -1.98. The minimum atomic E-state index is -4.75. The van der Waals surface area contributed by atoms with Crippen LogP contribution in [0, 0.1) is 6.92 Å². The highest BCUT2D eigenvalue weighted by Crippen LogP contribution is 2.36. The Hall–Kier alpha value is -3.48. The van der Waals surface area contributed by atoms with Crippen molar-refractivity contribution in [1.82, 2.24) is 19.5 Å². The van der Waals surface area contributed by atoms with Crippen LogP contribution in [0.2, 0.25) is 0 Å². The monoisotopic (exact) mass is 539 g/mol. The van der Waals surface area contributed by atoms with E-state index in [1.807, 2.05) is 6.92 Å². The first-order valence-electron chi connectivity index (χ1n) is 11.4. The van der Waals surface area contributed by atoms with Gasteiger partial charge in [-0.25, -0.2) is 14.3 Å². The Labute approximate surface area is 215 Å². The number of aromatic nitrogens is 3. The van der Waals surface area contributed by atoms with Gasteiger partial charge in [-0.15, -0.1) is 11.3 Å². The van der Waals surface area contributed by atoms with Crippen LogP contribution in [0.25, 0.3) is 5.65 Å². The highest BCUT2D eigenvalue weighted by molar-refractivity contribution is 7.18. The van der Waals surface area contributed by atoms with Crippen molar-refractivity contribution in [3.63, 3.8) is 0 Å². The van der Waals surface area contributed by atoms with Gasteiger partial charge in [-0.05, 0) is 25.0 Å². The predicted molar refractivity (Wildman–Crippen MR) is 132 cm³/mol. The van der Waals surface area contributed by atoms with Gasteiger partial charge in [-0.3, -0.25) is 9.59 Å². The number of rotatable bonds is 6. The molecular formula is C24H28F3N5O4S. The van der Waals surface area contributed by atoms with Crippen molar-refractivity contribution in [1.29, 1.82) is 0 Å². The molecule has 9 nitrogen and oxygen atoms in total. The zero-order valence-corrected chi connectivity index (χ0v) is 22.3. The molecular weight excluding hydrogens is 511 g/mol. The van der Waals surface area contributed by atoms with Gasteiger partial charge in [0.05, 0.1) is 22.7 Å². The van der Waals surface area contributed by atoms with Crippen LogP contribution in [0.4, 0.5) is 18.2 Å². The lowest BCUT2D eigenvalue weighted by molar-refractivity contribution is -0.142. The number of hydrogen-bond donors (Lipinski definition) is 1. The zero-order valence-electron chi connectivity index (χ0n) is 21.5. The summed E-state index contributed by atoms with van der Waals surface area (Å²) in [5, 5.41) is 6.41. The minimum absolute atomic E-state index is 0.00453. The molecule has 0 fully saturated rings. The third-order valence-electron chi connectivity index (χ3n) is 5.33. The summed E-state index contributed by atoms with van der Waals surface area (Å²) in [5.41, 5.74) is -1.75. The van der Waals surface area contributed by atoms with Gasteiger partial charge >= 0.3 is 12.1 Å². The van der Waals surface area contributed by atoms with Crippen LogP contribution < -0.4 is 5.32 Å². The number of anilines is 1. The van der Waals surface area contributed by atoms with E-state index in [0.29, 0.717) is 16.5 Å². The maximum atomic E-state index is 13.8. The molecule has 3 heterocycles. The Morgan fingerprint density at radius 1 is 1.16 bits per heavy atom. The fraction of sp³-hybridized carbons (Fsp3) is 0.458. The van der Waals surface area contributed by atoms with Gasteiger partial charge in [0.2, 0.25) is 0 Å². The summed E-state index contributed by atoms with van der Waals surface area (Å²) < 4.78 is 47.2. The SMILES string of the molecule is CCCOC(=O)c1c(NC(=O)c2cc3nc(C(C)(C)C)cc(C(F)(F)F)n3n2)sc(C(=O)N(C)C)c1C. The van der Waals surface area contributed by atoms with Crippen molar-refractivity contribution in [3.8, 4) is 0 Å². The largest absolute Gasteiger partial charge is 0.462 e. The van der Waals surface area contributed by atoms with Crippen molar-refractivity contribution >= 4 is 39.8 Å². The molecule has 0 saturated carbocycles. The third kappa shape index (κ3) is 5.76. The molecule has 0 bridgehead atoms. The van der Waals surface area contributed by atoms with E-state index in [1.54, 1.807) is 41.8 Å². The van der Waals surface area contributed by atoms with Crippen LogP contribution in [-0.4, -0.2) is 58.0 Å². The van der Waals surface area contributed by atoms with Gasteiger partial charge in [0.25, 0.3) is 11.8 Å². The van der Waals surface area contributed by atoms with E-state index in [9.17, 15) is 27.6 Å². The maximum absolute atomic E-state index is 13.8. The average molecular weight is 540 g/mol. The molecule has 37 heavy (non-hydrogen) atoms. The van der Waals surface area contributed by atoms with Gasteiger partial charge in [0, 0.05) is 25.6 Å². The van der Waals surface area contributed by atoms with Crippen molar-refractivity contribution in [3.05, 3.63) is 45.2 Å². The molecule has 3 rings (SSSR count). The van der Waals surface area contributed by atoms with E-state index in [2.05, 4.69) is 15.4 Å². The van der Waals surface area contributed by atoms with E-state index >= 15 is 0 Å². The van der Waals surface area contributed by atoms with Crippen LogP contribution in [0.15, 0.2) is 12.1 Å². The number of ether oxygens (including phenoxy) is 1. The van der Waals surface area contributed by atoms with E-state index < -0.39 is 29.2 Å². The summed E-state index contributed by atoms with van der Waals surface area (Å²) in [6.45, 7) is 8.68. The molecule has 3 aromatic heterocycles. The molecule has 0 aliphatic rings. The Bertz CT molecular complexity index is 1370. The summed E-state index contributed by atoms with van der Waals surface area (Å²) in [6, 6.07) is 2.05. The second kappa shape index (κ2) is 10.1. The van der Waals surface area contributed by atoms with E-state index in [0.717, 1.165) is 23.5 Å². The van der Waals surface area contributed by atoms with Gasteiger partial charge in [-0.1, -0.05) is 27.7 Å². The standard InChI is InChI=1S/C24H28F3N5O4S/c1-8-9-36-22(35)17-12(2)18(21(34)31(6)7)37-20(17)29-19(33)13-10-16-28-14(23(3,4)5)11-15(24(25,26)27)32(16)30-13/h10-11H,8-9H2,1-7H3,(H,29,33).